The molecule has 0 saturated carbocycles. The molecule has 1 atom stereocenters. The van der Waals surface area contributed by atoms with E-state index in [1.807, 2.05) is 25.1 Å². The Balaban J connectivity index is 1.94. The summed E-state index contributed by atoms with van der Waals surface area (Å²) in [6.07, 6.45) is 3.64. The number of aliphatic hydroxyl groups excluding tert-OH is 1. The minimum Gasteiger partial charge on any atom is -0.384 e. The molecular formula is C17H21NO3. The number of hydrogen-bond donors (Lipinski definition) is 2. The molecule has 1 aromatic carbocycles. The van der Waals surface area contributed by atoms with Crippen molar-refractivity contribution in [2.45, 2.75) is 38.7 Å². The summed E-state index contributed by atoms with van der Waals surface area (Å²) in [4.78, 5) is 12.0. The third kappa shape index (κ3) is 4.89. The summed E-state index contributed by atoms with van der Waals surface area (Å²) >= 11 is 0. The van der Waals surface area contributed by atoms with E-state index in [4.69, 9.17) is 9.84 Å². The van der Waals surface area contributed by atoms with E-state index < -0.39 is 0 Å². The Kier molecular flexibility index (Phi) is 5.79. The molecule has 1 aromatic rings. The highest BCUT2D eigenvalue weighted by molar-refractivity contribution is 5.91. The highest BCUT2D eigenvalue weighted by Crippen LogP contribution is 2.19. The minimum absolute atomic E-state index is 0.0146. The Bertz CT molecular complexity index is 551. The van der Waals surface area contributed by atoms with Crippen LogP contribution in [0.4, 0.5) is 5.69 Å². The van der Waals surface area contributed by atoms with E-state index in [2.05, 4.69) is 17.2 Å². The Labute approximate surface area is 125 Å². The molecule has 0 aliphatic carbocycles. The quantitative estimate of drug-likeness (QED) is 0.838. The van der Waals surface area contributed by atoms with Gasteiger partial charge in [0.25, 0.3) is 0 Å². The molecule has 0 aromatic heterocycles. The van der Waals surface area contributed by atoms with Crippen LogP contribution in [0.1, 0.15) is 36.8 Å². The molecule has 4 heteroatoms. The lowest BCUT2D eigenvalue weighted by molar-refractivity contribution is -0.119. The summed E-state index contributed by atoms with van der Waals surface area (Å²) in [6.45, 7) is 2.53. The zero-order valence-corrected chi connectivity index (χ0v) is 12.3. The van der Waals surface area contributed by atoms with Crippen molar-refractivity contribution in [1.29, 1.82) is 0 Å². The largest absolute Gasteiger partial charge is 0.384 e. The first kappa shape index (κ1) is 15.6. The van der Waals surface area contributed by atoms with E-state index in [-0.39, 0.29) is 18.6 Å². The van der Waals surface area contributed by atoms with Gasteiger partial charge in [-0.1, -0.05) is 11.8 Å². The van der Waals surface area contributed by atoms with Gasteiger partial charge in [-0.05, 0) is 49.9 Å². The third-order valence-electron chi connectivity index (χ3n) is 3.50. The molecule has 1 aliphatic rings. The fourth-order valence-electron chi connectivity index (χ4n) is 2.40. The number of anilines is 1. The highest BCUT2D eigenvalue weighted by Gasteiger charge is 2.17. The summed E-state index contributed by atoms with van der Waals surface area (Å²) in [5.41, 5.74) is 2.58. The number of hydrogen-bond acceptors (Lipinski definition) is 3. The normalized spacial score (nSPS) is 17.7. The maximum Gasteiger partial charge on any atom is 0.226 e. The lowest BCUT2D eigenvalue weighted by Crippen LogP contribution is -2.25. The molecule has 21 heavy (non-hydrogen) atoms. The van der Waals surface area contributed by atoms with Crippen LogP contribution in [0.5, 0.6) is 0 Å². The predicted octanol–water partition coefficient (Wildman–Crippen LogP) is 2.24. The number of aryl methyl sites for hydroxylation is 1. The number of ether oxygens (including phenoxy) is 1. The number of carbonyl (C=O) groups excluding carboxylic acids is 1. The average Bonchev–Trinajstić information content (AvgIpc) is 2.48. The molecule has 1 aliphatic heterocycles. The Morgan fingerprint density at radius 3 is 3.00 bits per heavy atom. The number of aliphatic hydroxyl groups is 1. The van der Waals surface area contributed by atoms with Gasteiger partial charge in [-0.3, -0.25) is 4.79 Å². The average molecular weight is 287 g/mol. The molecule has 0 radical (unpaired) electrons. The van der Waals surface area contributed by atoms with Crippen LogP contribution in [0, 0.1) is 18.8 Å². The minimum atomic E-state index is -0.154. The molecule has 2 N–H and O–H groups in total. The zero-order valence-electron chi connectivity index (χ0n) is 12.3. The molecule has 0 spiro atoms. The van der Waals surface area contributed by atoms with Gasteiger partial charge < -0.3 is 15.2 Å². The van der Waals surface area contributed by atoms with Crippen molar-refractivity contribution in [1.82, 2.24) is 0 Å². The fourth-order valence-corrected chi connectivity index (χ4v) is 2.40. The smallest absolute Gasteiger partial charge is 0.226 e. The van der Waals surface area contributed by atoms with E-state index in [0.717, 1.165) is 42.7 Å². The molecule has 4 nitrogen and oxygen atoms in total. The van der Waals surface area contributed by atoms with E-state index in [9.17, 15) is 4.79 Å². The Morgan fingerprint density at radius 1 is 1.48 bits per heavy atom. The van der Waals surface area contributed by atoms with Gasteiger partial charge in [0.2, 0.25) is 5.91 Å². The maximum atomic E-state index is 12.0. The van der Waals surface area contributed by atoms with Crippen LogP contribution in [0.3, 0.4) is 0 Å². The molecule has 1 heterocycles. The van der Waals surface area contributed by atoms with Crippen LogP contribution >= 0.6 is 0 Å². The molecule has 2 rings (SSSR count). The van der Waals surface area contributed by atoms with Crippen LogP contribution in [0.2, 0.25) is 0 Å². The topological polar surface area (TPSA) is 58.6 Å². The Hall–Kier alpha value is -1.83. The predicted molar refractivity (Wildman–Crippen MR) is 82.0 cm³/mol. The summed E-state index contributed by atoms with van der Waals surface area (Å²) < 4.78 is 5.58. The third-order valence-corrected chi connectivity index (χ3v) is 3.50. The van der Waals surface area contributed by atoms with Gasteiger partial charge >= 0.3 is 0 Å². The van der Waals surface area contributed by atoms with Crippen molar-refractivity contribution in [2.24, 2.45) is 0 Å². The number of rotatable bonds is 3. The van der Waals surface area contributed by atoms with E-state index >= 15 is 0 Å². The number of nitrogens with one attached hydrogen (secondary N) is 1. The molecule has 0 bridgehead atoms. The first-order valence-corrected chi connectivity index (χ1v) is 7.31. The second kappa shape index (κ2) is 7.82. The summed E-state index contributed by atoms with van der Waals surface area (Å²) in [5.74, 6) is 5.44. The summed E-state index contributed by atoms with van der Waals surface area (Å²) in [6, 6.07) is 5.58. The fraction of sp³-hybridized carbons (Fsp3) is 0.471. The van der Waals surface area contributed by atoms with Crippen LogP contribution in [0.15, 0.2) is 18.2 Å². The van der Waals surface area contributed by atoms with Gasteiger partial charge in [-0.15, -0.1) is 0 Å². The van der Waals surface area contributed by atoms with E-state index in [0.29, 0.717) is 6.42 Å². The second-order valence-corrected chi connectivity index (χ2v) is 5.23. The summed E-state index contributed by atoms with van der Waals surface area (Å²) in [5, 5.41) is 11.6. The molecular weight excluding hydrogens is 266 g/mol. The van der Waals surface area contributed by atoms with Gasteiger partial charge in [0, 0.05) is 17.9 Å². The van der Waals surface area contributed by atoms with Crippen molar-refractivity contribution in [2.75, 3.05) is 18.5 Å². The monoisotopic (exact) mass is 287 g/mol. The highest BCUT2D eigenvalue weighted by atomic mass is 16.5. The van der Waals surface area contributed by atoms with Crippen LogP contribution < -0.4 is 5.32 Å². The molecule has 1 saturated heterocycles. The maximum absolute atomic E-state index is 12.0. The van der Waals surface area contributed by atoms with Crippen molar-refractivity contribution >= 4 is 11.6 Å². The second-order valence-electron chi connectivity index (χ2n) is 5.23. The molecule has 1 fully saturated rings. The van der Waals surface area contributed by atoms with Crippen molar-refractivity contribution in [3.05, 3.63) is 29.3 Å². The van der Waals surface area contributed by atoms with Gasteiger partial charge in [0.05, 0.1) is 12.5 Å². The van der Waals surface area contributed by atoms with Crippen molar-refractivity contribution in [3.8, 4) is 11.8 Å². The van der Waals surface area contributed by atoms with Crippen molar-refractivity contribution in [3.63, 3.8) is 0 Å². The standard InChI is InChI=1S/C17H21NO3/c1-13-11-14(5-4-9-19)7-8-16(13)18-17(20)12-15-6-2-3-10-21-15/h7-8,11,15,19H,2-3,6,9-10,12H2,1H3,(H,18,20). The Morgan fingerprint density at radius 2 is 2.33 bits per heavy atom. The first-order valence-electron chi connectivity index (χ1n) is 7.31. The van der Waals surface area contributed by atoms with Crippen molar-refractivity contribution < 1.29 is 14.6 Å². The lowest BCUT2D eigenvalue weighted by Gasteiger charge is -2.22. The summed E-state index contributed by atoms with van der Waals surface area (Å²) in [7, 11) is 0. The molecule has 1 unspecified atom stereocenters. The zero-order chi connectivity index (χ0) is 15.1. The van der Waals surface area contributed by atoms with Gasteiger partial charge in [0.1, 0.15) is 6.61 Å². The van der Waals surface area contributed by atoms with Gasteiger partial charge in [-0.25, -0.2) is 0 Å². The van der Waals surface area contributed by atoms with E-state index in [1.165, 1.54) is 0 Å². The number of carbonyl (C=O) groups is 1. The van der Waals surface area contributed by atoms with E-state index in [1.54, 1.807) is 0 Å². The number of benzene rings is 1. The van der Waals surface area contributed by atoms with Crippen LogP contribution in [-0.2, 0) is 9.53 Å². The molecule has 112 valence electrons. The van der Waals surface area contributed by atoms with Gasteiger partial charge in [0.15, 0.2) is 0 Å². The SMILES string of the molecule is Cc1cc(C#CCO)ccc1NC(=O)CC1CCCCO1. The lowest BCUT2D eigenvalue weighted by atomic mass is 10.1. The first-order chi connectivity index (χ1) is 10.2. The van der Waals surface area contributed by atoms with Gasteiger partial charge in [-0.2, -0.15) is 0 Å². The number of amides is 1. The van der Waals surface area contributed by atoms with Crippen LogP contribution in [-0.4, -0.2) is 30.3 Å². The molecule has 1 amide bonds. The van der Waals surface area contributed by atoms with Crippen LogP contribution in [0.25, 0.3) is 0 Å².